The van der Waals surface area contributed by atoms with Crippen molar-refractivity contribution in [3.8, 4) is 0 Å². The number of hydrogen-bond donors (Lipinski definition) is 1. The van der Waals surface area contributed by atoms with Crippen LogP contribution in [0.5, 0.6) is 0 Å². The van der Waals surface area contributed by atoms with Crippen molar-refractivity contribution in [3.05, 3.63) is 69.5 Å². The molecule has 0 aliphatic rings. The fourth-order valence-electron chi connectivity index (χ4n) is 2.14. The zero-order chi connectivity index (χ0) is 14.5. The zero-order valence-electron chi connectivity index (χ0n) is 11.8. The van der Waals surface area contributed by atoms with Crippen molar-refractivity contribution in [1.29, 1.82) is 0 Å². The molecule has 0 aromatic heterocycles. The van der Waals surface area contributed by atoms with Gasteiger partial charge in [0.1, 0.15) is 5.82 Å². The van der Waals surface area contributed by atoms with E-state index in [0.29, 0.717) is 0 Å². The summed E-state index contributed by atoms with van der Waals surface area (Å²) in [5.74, 6) is -0.173. The number of halogens is 2. The third kappa shape index (κ3) is 4.06. The number of hydrogen-bond acceptors (Lipinski definition) is 1. The predicted molar refractivity (Wildman–Crippen MR) is 82.7 cm³/mol. The van der Waals surface area contributed by atoms with E-state index in [4.69, 9.17) is 11.6 Å². The topological polar surface area (TPSA) is 12.0 Å². The molecule has 0 aliphatic heterocycles. The van der Waals surface area contributed by atoms with Crippen LogP contribution in [0.2, 0.25) is 5.02 Å². The Balaban J connectivity index is 1.82. The van der Waals surface area contributed by atoms with Gasteiger partial charge in [-0.2, -0.15) is 0 Å². The second-order valence-corrected chi connectivity index (χ2v) is 5.49. The molecule has 0 bridgehead atoms. The number of nitrogens with one attached hydrogen (secondary N) is 1. The first-order valence-electron chi connectivity index (χ1n) is 6.77. The molecule has 0 unspecified atom stereocenters. The second kappa shape index (κ2) is 6.87. The Labute approximate surface area is 124 Å². The highest BCUT2D eigenvalue weighted by atomic mass is 35.5. The molecule has 1 N–H and O–H groups in total. The lowest BCUT2D eigenvalue weighted by molar-refractivity contribution is 0.624. The maximum absolute atomic E-state index is 13.0. The van der Waals surface area contributed by atoms with Crippen molar-refractivity contribution in [2.24, 2.45) is 0 Å². The standard InChI is InChI=1S/C17H19ClFN/c1-12-3-4-14(10-17(12)18)11-20-8-7-15-5-6-16(19)9-13(15)2/h3-6,9-10,20H,7-8,11H2,1-2H3. The van der Waals surface area contributed by atoms with Crippen LogP contribution in [-0.4, -0.2) is 6.54 Å². The van der Waals surface area contributed by atoms with E-state index >= 15 is 0 Å². The van der Waals surface area contributed by atoms with Gasteiger partial charge in [-0.25, -0.2) is 4.39 Å². The number of benzene rings is 2. The highest BCUT2D eigenvalue weighted by Crippen LogP contribution is 2.16. The van der Waals surface area contributed by atoms with Gasteiger partial charge in [-0.3, -0.25) is 0 Å². The molecule has 0 amide bonds. The molecule has 2 rings (SSSR count). The van der Waals surface area contributed by atoms with Gasteiger partial charge in [0.05, 0.1) is 0 Å². The molecule has 1 nitrogen and oxygen atoms in total. The Bertz CT molecular complexity index is 596. The molecule has 0 atom stereocenters. The summed E-state index contributed by atoms with van der Waals surface area (Å²) in [7, 11) is 0. The van der Waals surface area contributed by atoms with Crippen molar-refractivity contribution in [2.45, 2.75) is 26.8 Å². The molecular formula is C17H19ClFN. The number of aryl methyl sites for hydroxylation is 2. The van der Waals surface area contributed by atoms with Gasteiger partial charge in [-0.1, -0.05) is 29.8 Å². The molecule has 3 heteroatoms. The molecular weight excluding hydrogens is 273 g/mol. The molecule has 106 valence electrons. The zero-order valence-corrected chi connectivity index (χ0v) is 12.6. The van der Waals surface area contributed by atoms with Crippen LogP contribution in [0.15, 0.2) is 36.4 Å². The van der Waals surface area contributed by atoms with Crippen LogP contribution in [0.1, 0.15) is 22.3 Å². The molecule has 0 aliphatic carbocycles. The highest BCUT2D eigenvalue weighted by Gasteiger charge is 2.01. The van der Waals surface area contributed by atoms with Gasteiger partial charge < -0.3 is 5.32 Å². The lowest BCUT2D eigenvalue weighted by Crippen LogP contribution is -2.17. The molecule has 0 heterocycles. The first-order chi connectivity index (χ1) is 9.56. The third-order valence-corrected chi connectivity index (χ3v) is 3.85. The normalized spacial score (nSPS) is 10.8. The average Bonchev–Trinajstić information content (AvgIpc) is 2.40. The van der Waals surface area contributed by atoms with Gasteiger partial charge >= 0.3 is 0 Å². The summed E-state index contributed by atoms with van der Waals surface area (Å²) < 4.78 is 13.0. The van der Waals surface area contributed by atoms with E-state index in [-0.39, 0.29) is 5.82 Å². The number of rotatable bonds is 5. The quantitative estimate of drug-likeness (QED) is 0.804. The second-order valence-electron chi connectivity index (χ2n) is 5.08. The average molecular weight is 292 g/mol. The van der Waals surface area contributed by atoms with Gasteiger partial charge in [0.25, 0.3) is 0 Å². The van der Waals surface area contributed by atoms with Gasteiger partial charge in [0.15, 0.2) is 0 Å². The van der Waals surface area contributed by atoms with E-state index < -0.39 is 0 Å². The van der Waals surface area contributed by atoms with Crippen LogP contribution in [0.4, 0.5) is 4.39 Å². The van der Waals surface area contributed by atoms with Gasteiger partial charge in [-0.15, -0.1) is 0 Å². The SMILES string of the molecule is Cc1ccc(CNCCc2ccc(F)cc2C)cc1Cl. The third-order valence-electron chi connectivity index (χ3n) is 3.44. The first-order valence-corrected chi connectivity index (χ1v) is 7.15. The predicted octanol–water partition coefficient (Wildman–Crippen LogP) is 4.43. The van der Waals surface area contributed by atoms with Gasteiger partial charge in [0, 0.05) is 11.6 Å². The summed E-state index contributed by atoms with van der Waals surface area (Å²) in [6.45, 7) is 5.59. The maximum Gasteiger partial charge on any atom is 0.123 e. The van der Waals surface area contributed by atoms with E-state index in [1.165, 1.54) is 17.2 Å². The highest BCUT2D eigenvalue weighted by molar-refractivity contribution is 6.31. The fraction of sp³-hybridized carbons (Fsp3) is 0.294. The van der Waals surface area contributed by atoms with Crippen LogP contribution in [0.3, 0.4) is 0 Å². The van der Waals surface area contributed by atoms with Crippen molar-refractivity contribution in [3.63, 3.8) is 0 Å². The Hall–Kier alpha value is -1.38. The van der Waals surface area contributed by atoms with Crippen LogP contribution >= 0.6 is 11.6 Å². The lowest BCUT2D eigenvalue weighted by atomic mass is 10.1. The minimum atomic E-state index is -0.173. The summed E-state index contributed by atoms with van der Waals surface area (Å²) in [5.41, 5.74) is 4.46. The van der Waals surface area contributed by atoms with Gasteiger partial charge in [0.2, 0.25) is 0 Å². The monoisotopic (exact) mass is 291 g/mol. The summed E-state index contributed by atoms with van der Waals surface area (Å²) in [6, 6.07) is 11.1. The van der Waals surface area contributed by atoms with Crippen molar-refractivity contribution >= 4 is 11.6 Å². The summed E-state index contributed by atoms with van der Waals surface area (Å²) in [6.07, 6.45) is 0.895. The minimum absolute atomic E-state index is 0.173. The van der Waals surface area contributed by atoms with Crippen LogP contribution < -0.4 is 5.32 Å². The van der Waals surface area contributed by atoms with E-state index in [9.17, 15) is 4.39 Å². The molecule has 0 radical (unpaired) electrons. The molecule has 0 spiro atoms. The summed E-state index contributed by atoms with van der Waals surface area (Å²) in [5, 5.41) is 4.19. The maximum atomic E-state index is 13.0. The van der Waals surface area contributed by atoms with Crippen LogP contribution in [-0.2, 0) is 13.0 Å². The molecule has 0 fully saturated rings. The van der Waals surface area contributed by atoms with E-state index in [1.54, 1.807) is 6.07 Å². The van der Waals surface area contributed by atoms with E-state index in [0.717, 1.165) is 35.7 Å². The molecule has 2 aromatic carbocycles. The van der Waals surface area contributed by atoms with Crippen molar-refractivity contribution < 1.29 is 4.39 Å². The summed E-state index contributed by atoms with van der Waals surface area (Å²) in [4.78, 5) is 0. The van der Waals surface area contributed by atoms with E-state index in [1.807, 2.05) is 32.0 Å². The Morgan fingerprint density at radius 1 is 1.05 bits per heavy atom. The Morgan fingerprint density at radius 2 is 1.85 bits per heavy atom. The summed E-state index contributed by atoms with van der Waals surface area (Å²) >= 11 is 6.09. The smallest absolute Gasteiger partial charge is 0.123 e. The van der Waals surface area contributed by atoms with Crippen LogP contribution in [0, 0.1) is 19.7 Å². The van der Waals surface area contributed by atoms with Gasteiger partial charge in [-0.05, 0) is 67.3 Å². The van der Waals surface area contributed by atoms with E-state index in [2.05, 4.69) is 11.4 Å². The lowest BCUT2D eigenvalue weighted by Gasteiger charge is -2.08. The minimum Gasteiger partial charge on any atom is -0.312 e. The molecule has 20 heavy (non-hydrogen) atoms. The molecule has 0 saturated carbocycles. The molecule has 0 saturated heterocycles. The van der Waals surface area contributed by atoms with Crippen molar-refractivity contribution in [2.75, 3.05) is 6.54 Å². The Kier molecular flexibility index (Phi) is 5.16. The van der Waals surface area contributed by atoms with Crippen LogP contribution in [0.25, 0.3) is 0 Å². The van der Waals surface area contributed by atoms with Crippen molar-refractivity contribution in [1.82, 2.24) is 5.32 Å². The largest absolute Gasteiger partial charge is 0.312 e. The Morgan fingerprint density at radius 3 is 2.55 bits per heavy atom. The fourth-order valence-corrected chi connectivity index (χ4v) is 2.35. The first kappa shape index (κ1) is 15.0. The molecule has 2 aromatic rings.